The van der Waals surface area contributed by atoms with Crippen molar-refractivity contribution in [2.45, 2.75) is 32.3 Å². The van der Waals surface area contributed by atoms with Gasteiger partial charge in [0.25, 0.3) is 0 Å². The third kappa shape index (κ3) is 1.47. The van der Waals surface area contributed by atoms with E-state index in [1.165, 1.54) is 6.42 Å². The Morgan fingerprint density at radius 1 is 1.50 bits per heavy atom. The Balaban J connectivity index is 2.17. The zero-order valence-electron chi connectivity index (χ0n) is 8.95. The Kier molecular flexibility index (Phi) is 2.82. The molecule has 1 aliphatic carbocycles. The van der Waals surface area contributed by atoms with E-state index in [9.17, 15) is 10.2 Å². The van der Waals surface area contributed by atoms with Gasteiger partial charge in [-0.15, -0.1) is 0 Å². The van der Waals surface area contributed by atoms with Crippen molar-refractivity contribution in [3.8, 4) is 0 Å². The fraction of sp³-hybridized carbons (Fsp3) is 1.00. The predicted octanol–water partition coefficient (Wildman–Crippen LogP) is 0.462. The number of likely N-dealkylation sites (tertiary alicyclic amines) is 1. The predicted molar refractivity (Wildman–Crippen MR) is 55.0 cm³/mol. The van der Waals surface area contributed by atoms with Crippen molar-refractivity contribution in [2.24, 2.45) is 11.3 Å². The van der Waals surface area contributed by atoms with E-state index >= 15 is 0 Å². The highest BCUT2D eigenvalue weighted by Crippen LogP contribution is 2.43. The van der Waals surface area contributed by atoms with Crippen LogP contribution in [-0.4, -0.2) is 47.5 Å². The minimum Gasteiger partial charge on any atom is -0.396 e. The van der Waals surface area contributed by atoms with Gasteiger partial charge in [0.1, 0.15) is 0 Å². The summed E-state index contributed by atoms with van der Waals surface area (Å²) in [5, 5.41) is 19.7. The molecule has 0 spiro atoms. The van der Waals surface area contributed by atoms with Gasteiger partial charge in [-0.25, -0.2) is 0 Å². The van der Waals surface area contributed by atoms with Gasteiger partial charge in [-0.1, -0.05) is 13.3 Å². The first kappa shape index (κ1) is 10.4. The number of hydrogen-bond donors (Lipinski definition) is 2. The SMILES string of the molecule is CCN1C[C@H]2CCC[C@@](CO)(C1)[C@H]2O. The molecule has 3 atom stereocenters. The summed E-state index contributed by atoms with van der Waals surface area (Å²) < 4.78 is 0. The number of rotatable bonds is 2. The van der Waals surface area contributed by atoms with Crippen LogP contribution in [0.25, 0.3) is 0 Å². The quantitative estimate of drug-likeness (QED) is 0.679. The maximum atomic E-state index is 10.2. The zero-order chi connectivity index (χ0) is 10.2. The lowest BCUT2D eigenvalue weighted by atomic mass is 9.64. The van der Waals surface area contributed by atoms with E-state index in [0.717, 1.165) is 32.5 Å². The van der Waals surface area contributed by atoms with Crippen molar-refractivity contribution in [1.82, 2.24) is 4.90 Å². The summed E-state index contributed by atoms with van der Waals surface area (Å²) in [7, 11) is 0. The van der Waals surface area contributed by atoms with Gasteiger partial charge < -0.3 is 15.1 Å². The second-order valence-electron chi connectivity index (χ2n) is 4.95. The van der Waals surface area contributed by atoms with Crippen LogP contribution in [0.4, 0.5) is 0 Å². The average molecular weight is 199 g/mol. The molecule has 0 aromatic heterocycles. The third-order valence-corrected chi connectivity index (χ3v) is 4.12. The van der Waals surface area contributed by atoms with Crippen LogP contribution in [0.2, 0.25) is 0 Å². The first-order valence-corrected chi connectivity index (χ1v) is 5.73. The summed E-state index contributed by atoms with van der Waals surface area (Å²) in [5.74, 6) is 0.393. The zero-order valence-corrected chi connectivity index (χ0v) is 8.95. The lowest BCUT2D eigenvalue weighted by Gasteiger charge is -2.52. The molecule has 3 nitrogen and oxygen atoms in total. The number of aliphatic hydroxyl groups is 2. The molecule has 0 aromatic carbocycles. The van der Waals surface area contributed by atoms with Crippen molar-refractivity contribution >= 4 is 0 Å². The van der Waals surface area contributed by atoms with Gasteiger partial charge in [0.15, 0.2) is 0 Å². The summed E-state index contributed by atoms with van der Waals surface area (Å²) in [6.07, 6.45) is 3.00. The summed E-state index contributed by atoms with van der Waals surface area (Å²) in [4.78, 5) is 2.37. The molecule has 1 saturated carbocycles. The molecule has 1 saturated heterocycles. The lowest BCUT2D eigenvalue weighted by molar-refractivity contribution is -0.133. The molecule has 1 heterocycles. The third-order valence-electron chi connectivity index (χ3n) is 4.12. The molecular formula is C11H21NO2. The molecule has 0 radical (unpaired) electrons. The first-order valence-electron chi connectivity index (χ1n) is 5.73. The second kappa shape index (κ2) is 3.80. The summed E-state index contributed by atoms with van der Waals surface area (Å²) in [6, 6.07) is 0. The molecule has 14 heavy (non-hydrogen) atoms. The Hall–Kier alpha value is -0.120. The minimum atomic E-state index is -0.274. The van der Waals surface area contributed by atoms with Crippen LogP contribution in [0.3, 0.4) is 0 Å². The molecule has 82 valence electrons. The normalized spacial score (nSPS) is 43.9. The number of hydrogen-bond acceptors (Lipinski definition) is 3. The molecule has 1 aliphatic heterocycles. The molecule has 2 rings (SSSR count). The molecule has 2 N–H and O–H groups in total. The van der Waals surface area contributed by atoms with Gasteiger partial charge >= 0.3 is 0 Å². The van der Waals surface area contributed by atoms with Crippen molar-refractivity contribution in [2.75, 3.05) is 26.2 Å². The minimum absolute atomic E-state index is 0.140. The van der Waals surface area contributed by atoms with Crippen LogP contribution in [0.15, 0.2) is 0 Å². The number of piperidine rings is 1. The highest BCUT2D eigenvalue weighted by atomic mass is 16.3. The Bertz CT molecular complexity index is 209. The van der Waals surface area contributed by atoms with E-state index in [-0.39, 0.29) is 18.1 Å². The number of aliphatic hydroxyl groups excluding tert-OH is 2. The highest BCUT2D eigenvalue weighted by Gasteiger charge is 2.48. The molecule has 2 aliphatic rings. The van der Waals surface area contributed by atoms with E-state index in [1.54, 1.807) is 0 Å². The smallest absolute Gasteiger partial charge is 0.0671 e. The van der Waals surface area contributed by atoms with E-state index in [4.69, 9.17) is 0 Å². The summed E-state index contributed by atoms with van der Waals surface area (Å²) in [5.41, 5.74) is -0.211. The first-order chi connectivity index (χ1) is 6.72. The van der Waals surface area contributed by atoms with Crippen LogP contribution in [0.5, 0.6) is 0 Å². The Morgan fingerprint density at radius 3 is 2.93 bits per heavy atom. The van der Waals surface area contributed by atoms with E-state index in [1.807, 2.05) is 0 Å². The van der Waals surface area contributed by atoms with Crippen LogP contribution < -0.4 is 0 Å². The fourth-order valence-corrected chi connectivity index (χ4v) is 3.19. The van der Waals surface area contributed by atoms with Gasteiger partial charge in [-0.2, -0.15) is 0 Å². The van der Waals surface area contributed by atoms with E-state index in [2.05, 4.69) is 11.8 Å². The molecule has 0 amide bonds. The molecule has 3 heteroatoms. The van der Waals surface area contributed by atoms with Crippen LogP contribution in [0, 0.1) is 11.3 Å². The fourth-order valence-electron chi connectivity index (χ4n) is 3.19. The number of fused-ring (bicyclic) bond motifs is 2. The summed E-state index contributed by atoms with van der Waals surface area (Å²) >= 11 is 0. The largest absolute Gasteiger partial charge is 0.396 e. The highest BCUT2D eigenvalue weighted by molar-refractivity contribution is 5.00. The standard InChI is InChI=1S/C11H21NO2/c1-2-12-6-9-4-3-5-11(7-12,8-13)10(9)14/h9-10,13-14H,2-8H2,1H3/t9-,10+,11+/m1/s1. The van der Waals surface area contributed by atoms with Gasteiger partial charge in [0.2, 0.25) is 0 Å². The molecule has 2 bridgehead atoms. The molecule has 2 fully saturated rings. The van der Waals surface area contributed by atoms with Crippen LogP contribution in [0.1, 0.15) is 26.2 Å². The molecule has 0 aromatic rings. The monoisotopic (exact) mass is 199 g/mol. The molecular weight excluding hydrogens is 178 g/mol. The van der Waals surface area contributed by atoms with Crippen molar-refractivity contribution in [3.05, 3.63) is 0 Å². The van der Waals surface area contributed by atoms with Gasteiger partial charge in [-0.05, 0) is 25.3 Å². The lowest BCUT2D eigenvalue weighted by Crippen LogP contribution is -2.60. The van der Waals surface area contributed by atoms with E-state index < -0.39 is 0 Å². The average Bonchev–Trinajstić information content (AvgIpc) is 2.18. The molecule has 0 unspecified atom stereocenters. The summed E-state index contributed by atoms with van der Waals surface area (Å²) in [6.45, 7) is 5.21. The van der Waals surface area contributed by atoms with Crippen LogP contribution >= 0.6 is 0 Å². The van der Waals surface area contributed by atoms with E-state index in [0.29, 0.717) is 5.92 Å². The van der Waals surface area contributed by atoms with Gasteiger partial charge in [0.05, 0.1) is 12.7 Å². The maximum absolute atomic E-state index is 10.2. The van der Waals surface area contributed by atoms with Crippen molar-refractivity contribution in [1.29, 1.82) is 0 Å². The van der Waals surface area contributed by atoms with Crippen molar-refractivity contribution < 1.29 is 10.2 Å². The number of nitrogens with zero attached hydrogens (tertiary/aromatic N) is 1. The van der Waals surface area contributed by atoms with Crippen LogP contribution in [-0.2, 0) is 0 Å². The van der Waals surface area contributed by atoms with Gasteiger partial charge in [0, 0.05) is 18.5 Å². The Morgan fingerprint density at radius 2 is 2.29 bits per heavy atom. The topological polar surface area (TPSA) is 43.7 Å². The maximum Gasteiger partial charge on any atom is 0.0671 e. The van der Waals surface area contributed by atoms with Crippen molar-refractivity contribution in [3.63, 3.8) is 0 Å². The van der Waals surface area contributed by atoms with Gasteiger partial charge in [-0.3, -0.25) is 0 Å². The Labute approximate surface area is 85.7 Å². The second-order valence-corrected chi connectivity index (χ2v) is 4.95.